The van der Waals surface area contributed by atoms with E-state index in [4.69, 9.17) is 0 Å². The lowest BCUT2D eigenvalue weighted by molar-refractivity contribution is -0.119. The van der Waals surface area contributed by atoms with Gasteiger partial charge in [-0.1, -0.05) is 0 Å². The molecular formula is C12H13F4NO3. The average Bonchev–Trinajstić information content (AvgIpc) is 2.36. The molecule has 2 unspecified atom stereocenters. The number of aliphatic hydroxyl groups is 2. The van der Waals surface area contributed by atoms with E-state index in [9.17, 15) is 32.6 Å². The van der Waals surface area contributed by atoms with Crippen LogP contribution in [0, 0.1) is 23.3 Å². The molecule has 2 atom stereocenters. The van der Waals surface area contributed by atoms with E-state index in [1.54, 1.807) is 0 Å². The molecule has 0 radical (unpaired) electrons. The predicted molar refractivity (Wildman–Crippen MR) is 60.5 cm³/mol. The molecule has 0 saturated carbocycles. The van der Waals surface area contributed by atoms with Crippen molar-refractivity contribution in [1.82, 2.24) is 5.32 Å². The molecule has 0 heterocycles. The summed E-state index contributed by atoms with van der Waals surface area (Å²) in [7, 11) is 0. The van der Waals surface area contributed by atoms with Crippen molar-refractivity contribution >= 4 is 5.91 Å². The molecule has 0 bridgehead atoms. The van der Waals surface area contributed by atoms with Crippen LogP contribution in [0.15, 0.2) is 6.07 Å². The van der Waals surface area contributed by atoms with Crippen LogP contribution in [-0.2, 0) is 4.79 Å². The summed E-state index contributed by atoms with van der Waals surface area (Å²) in [5.41, 5.74) is -1.28. The molecular weight excluding hydrogens is 282 g/mol. The first-order valence-electron chi connectivity index (χ1n) is 5.69. The first-order chi connectivity index (χ1) is 9.25. The van der Waals surface area contributed by atoms with Crippen LogP contribution in [0.2, 0.25) is 0 Å². The van der Waals surface area contributed by atoms with Gasteiger partial charge in [0.1, 0.15) is 6.10 Å². The molecule has 0 aliphatic heterocycles. The van der Waals surface area contributed by atoms with E-state index in [1.807, 2.05) is 0 Å². The van der Waals surface area contributed by atoms with Crippen molar-refractivity contribution in [3.8, 4) is 0 Å². The van der Waals surface area contributed by atoms with Gasteiger partial charge in [0, 0.05) is 19.5 Å². The zero-order valence-electron chi connectivity index (χ0n) is 10.5. The second-order valence-corrected chi connectivity index (χ2v) is 4.17. The van der Waals surface area contributed by atoms with Gasteiger partial charge < -0.3 is 15.5 Å². The Morgan fingerprint density at radius 3 is 2.15 bits per heavy atom. The molecule has 0 aliphatic rings. The Kier molecular flexibility index (Phi) is 5.46. The van der Waals surface area contributed by atoms with Crippen LogP contribution < -0.4 is 5.32 Å². The lowest BCUT2D eigenvalue weighted by atomic mass is 10.0. The molecule has 1 aromatic carbocycles. The van der Waals surface area contributed by atoms with Crippen molar-refractivity contribution < 1.29 is 32.6 Å². The second-order valence-electron chi connectivity index (χ2n) is 4.17. The first-order valence-corrected chi connectivity index (χ1v) is 5.69. The lowest BCUT2D eigenvalue weighted by Crippen LogP contribution is -2.28. The predicted octanol–water partition coefficient (Wildman–Crippen LogP) is 1.16. The van der Waals surface area contributed by atoms with E-state index < -0.39 is 46.9 Å². The van der Waals surface area contributed by atoms with Gasteiger partial charge in [-0.05, 0) is 6.42 Å². The zero-order valence-corrected chi connectivity index (χ0v) is 10.5. The standard InChI is InChI=1S/C12H13F4NO3/c1-5(18)17-3-2-8(19)12(20)9-10(15)6(13)4-7(14)11(9)16/h4,8,12,19-20H,2-3H2,1H3,(H,17,18). The number of hydrogen-bond donors (Lipinski definition) is 3. The molecule has 1 rings (SSSR count). The highest BCUT2D eigenvalue weighted by Crippen LogP contribution is 2.28. The van der Waals surface area contributed by atoms with Crippen molar-refractivity contribution in [2.24, 2.45) is 0 Å². The highest BCUT2D eigenvalue weighted by Gasteiger charge is 2.29. The molecule has 0 spiro atoms. The monoisotopic (exact) mass is 295 g/mol. The summed E-state index contributed by atoms with van der Waals surface area (Å²) in [6.07, 6.45) is -4.11. The van der Waals surface area contributed by atoms with Crippen molar-refractivity contribution in [2.75, 3.05) is 6.54 Å². The fourth-order valence-electron chi connectivity index (χ4n) is 1.60. The Morgan fingerprint density at radius 2 is 1.70 bits per heavy atom. The fraction of sp³-hybridized carbons (Fsp3) is 0.417. The van der Waals surface area contributed by atoms with Crippen molar-refractivity contribution in [1.29, 1.82) is 0 Å². The number of benzene rings is 1. The van der Waals surface area contributed by atoms with Crippen LogP contribution in [0.3, 0.4) is 0 Å². The van der Waals surface area contributed by atoms with E-state index in [1.165, 1.54) is 6.92 Å². The summed E-state index contributed by atoms with van der Waals surface area (Å²) >= 11 is 0. The van der Waals surface area contributed by atoms with E-state index in [0.29, 0.717) is 0 Å². The maximum atomic E-state index is 13.4. The van der Waals surface area contributed by atoms with Crippen molar-refractivity contribution in [3.63, 3.8) is 0 Å². The topological polar surface area (TPSA) is 69.6 Å². The lowest BCUT2D eigenvalue weighted by Gasteiger charge is -2.19. The van der Waals surface area contributed by atoms with Gasteiger partial charge in [-0.3, -0.25) is 4.79 Å². The number of carbonyl (C=O) groups excluding carboxylic acids is 1. The van der Waals surface area contributed by atoms with E-state index >= 15 is 0 Å². The van der Waals surface area contributed by atoms with Crippen LogP contribution in [-0.4, -0.2) is 28.8 Å². The fourth-order valence-corrected chi connectivity index (χ4v) is 1.60. The maximum absolute atomic E-state index is 13.4. The number of aliphatic hydroxyl groups excluding tert-OH is 2. The van der Waals surface area contributed by atoms with Gasteiger partial charge in [-0.15, -0.1) is 0 Å². The minimum absolute atomic E-state index is 0.00454. The van der Waals surface area contributed by atoms with Crippen LogP contribution in [0.5, 0.6) is 0 Å². The van der Waals surface area contributed by atoms with Gasteiger partial charge in [-0.2, -0.15) is 0 Å². The molecule has 0 saturated heterocycles. The first kappa shape index (κ1) is 16.4. The molecule has 8 heteroatoms. The zero-order chi connectivity index (χ0) is 15.4. The maximum Gasteiger partial charge on any atom is 0.216 e. The third-order valence-corrected chi connectivity index (χ3v) is 2.62. The molecule has 3 N–H and O–H groups in total. The smallest absolute Gasteiger partial charge is 0.216 e. The van der Waals surface area contributed by atoms with Gasteiger partial charge in [0.15, 0.2) is 23.3 Å². The van der Waals surface area contributed by atoms with Crippen molar-refractivity contribution in [2.45, 2.75) is 25.6 Å². The van der Waals surface area contributed by atoms with Crippen LogP contribution >= 0.6 is 0 Å². The molecule has 0 aromatic heterocycles. The van der Waals surface area contributed by atoms with E-state index in [-0.39, 0.29) is 19.0 Å². The minimum atomic E-state index is -2.16. The Morgan fingerprint density at radius 1 is 1.20 bits per heavy atom. The highest BCUT2D eigenvalue weighted by atomic mass is 19.2. The van der Waals surface area contributed by atoms with Crippen LogP contribution in [0.4, 0.5) is 17.6 Å². The SMILES string of the molecule is CC(=O)NCCC(O)C(O)c1c(F)c(F)cc(F)c1F. The molecule has 1 aromatic rings. The largest absolute Gasteiger partial charge is 0.390 e. The summed E-state index contributed by atoms with van der Waals surface area (Å²) in [6, 6.07) is 0.00454. The highest BCUT2D eigenvalue weighted by molar-refractivity contribution is 5.72. The summed E-state index contributed by atoms with van der Waals surface area (Å²) in [5.74, 6) is -7.29. The third-order valence-electron chi connectivity index (χ3n) is 2.62. The molecule has 0 fully saturated rings. The second kappa shape index (κ2) is 6.67. The molecule has 0 aliphatic carbocycles. The summed E-state index contributed by atoms with van der Waals surface area (Å²) < 4.78 is 52.7. The average molecular weight is 295 g/mol. The summed E-state index contributed by atoms with van der Waals surface area (Å²) in [5, 5.41) is 21.4. The number of halogens is 4. The Labute approximate surface area is 112 Å². The number of nitrogens with one attached hydrogen (secondary N) is 1. The van der Waals surface area contributed by atoms with Gasteiger partial charge >= 0.3 is 0 Å². The van der Waals surface area contributed by atoms with Gasteiger partial charge in [0.2, 0.25) is 5.91 Å². The van der Waals surface area contributed by atoms with E-state index in [0.717, 1.165) is 0 Å². The van der Waals surface area contributed by atoms with Crippen molar-refractivity contribution in [3.05, 3.63) is 34.9 Å². The molecule has 1 amide bonds. The van der Waals surface area contributed by atoms with Crippen LogP contribution in [0.1, 0.15) is 25.0 Å². The minimum Gasteiger partial charge on any atom is -0.390 e. The Bertz CT molecular complexity index is 484. The quantitative estimate of drug-likeness (QED) is 0.564. The Balaban J connectivity index is 2.91. The molecule has 112 valence electrons. The Hall–Kier alpha value is -1.67. The molecule has 20 heavy (non-hydrogen) atoms. The number of amides is 1. The normalized spacial score (nSPS) is 13.9. The van der Waals surface area contributed by atoms with Gasteiger partial charge in [0.05, 0.1) is 11.7 Å². The van der Waals surface area contributed by atoms with Crippen LogP contribution in [0.25, 0.3) is 0 Å². The summed E-state index contributed by atoms with van der Waals surface area (Å²) in [4.78, 5) is 10.6. The van der Waals surface area contributed by atoms with E-state index in [2.05, 4.69) is 5.32 Å². The summed E-state index contributed by atoms with van der Waals surface area (Å²) in [6.45, 7) is 1.14. The number of rotatable bonds is 5. The van der Waals surface area contributed by atoms with Gasteiger partial charge in [0.25, 0.3) is 0 Å². The molecule has 4 nitrogen and oxygen atoms in total. The third kappa shape index (κ3) is 3.67. The number of carbonyl (C=O) groups is 1. The number of hydrogen-bond acceptors (Lipinski definition) is 3. The van der Waals surface area contributed by atoms with Gasteiger partial charge in [-0.25, -0.2) is 17.6 Å².